The van der Waals surface area contributed by atoms with Crippen molar-refractivity contribution in [1.29, 1.82) is 0 Å². The first-order valence-corrected chi connectivity index (χ1v) is 5.30. The van der Waals surface area contributed by atoms with E-state index in [0.29, 0.717) is 30.1 Å². The summed E-state index contributed by atoms with van der Waals surface area (Å²) in [5.74, 6) is 0. The molecule has 0 N–H and O–H groups in total. The third-order valence-electron chi connectivity index (χ3n) is 2.12. The van der Waals surface area contributed by atoms with Gasteiger partial charge in [-0.05, 0) is 30.9 Å². The summed E-state index contributed by atoms with van der Waals surface area (Å²) in [7, 11) is 0. The average Bonchev–Trinajstić information content (AvgIpc) is 2.26. The van der Waals surface area contributed by atoms with Gasteiger partial charge in [0.25, 0.3) is 0 Å². The molecule has 0 radical (unpaired) electrons. The van der Waals surface area contributed by atoms with E-state index in [1.54, 1.807) is 12.3 Å². The Bertz CT molecular complexity index is 390. The van der Waals surface area contributed by atoms with Crippen LogP contribution in [0.5, 0.6) is 0 Å². The second-order valence-corrected chi connectivity index (χ2v) is 3.63. The van der Waals surface area contributed by atoms with Gasteiger partial charge < -0.3 is 0 Å². The van der Waals surface area contributed by atoms with Gasteiger partial charge in [-0.1, -0.05) is 24.6 Å². The molecule has 1 rings (SSSR count). The maximum absolute atomic E-state index is 10.2. The van der Waals surface area contributed by atoms with Gasteiger partial charge in [0, 0.05) is 6.20 Å². The minimum absolute atomic E-state index is 0.443. The summed E-state index contributed by atoms with van der Waals surface area (Å²) < 4.78 is 0. The van der Waals surface area contributed by atoms with E-state index in [4.69, 9.17) is 11.6 Å². The van der Waals surface area contributed by atoms with E-state index in [1.165, 1.54) is 0 Å². The van der Waals surface area contributed by atoms with E-state index in [1.807, 2.05) is 13.0 Å². The Balaban J connectivity index is 2.56. The van der Waals surface area contributed by atoms with Crippen molar-refractivity contribution in [3.05, 3.63) is 39.2 Å². The molecule has 0 atom stereocenters. The number of pyridine rings is 1. The van der Waals surface area contributed by atoms with Gasteiger partial charge in [0.2, 0.25) is 0 Å². The molecule has 1 heterocycles. The molecular weight excluding hydrogens is 230 g/mol. The first-order valence-electron chi connectivity index (χ1n) is 4.93. The quantitative estimate of drug-likeness (QED) is 0.344. The minimum atomic E-state index is -0.654. The fourth-order valence-corrected chi connectivity index (χ4v) is 1.37. The Morgan fingerprint density at radius 3 is 2.88 bits per heavy atom. The number of hydrazone groups is 1. The van der Waals surface area contributed by atoms with Crippen LogP contribution in [0.3, 0.4) is 0 Å². The zero-order valence-electron chi connectivity index (χ0n) is 8.89. The molecule has 0 unspecified atom stereocenters. The van der Waals surface area contributed by atoms with Gasteiger partial charge in [0.1, 0.15) is 5.15 Å². The van der Waals surface area contributed by atoms with Crippen molar-refractivity contribution in [2.75, 3.05) is 0 Å². The molecule has 6 heteroatoms. The Morgan fingerprint density at radius 1 is 1.62 bits per heavy atom. The number of halogens is 1. The highest BCUT2D eigenvalue weighted by Gasteiger charge is 2.03. The molecule has 0 saturated carbocycles. The van der Waals surface area contributed by atoms with Crippen molar-refractivity contribution < 1.29 is 5.03 Å². The number of nitrogens with zero attached hydrogens (tertiary/aromatic N) is 3. The molecule has 0 aliphatic carbocycles. The topological polar surface area (TPSA) is 68.4 Å². The summed E-state index contributed by atoms with van der Waals surface area (Å²) in [6.45, 7) is 1.85. The highest BCUT2D eigenvalue weighted by Crippen LogP contribution is 2.08. The maximum atomic E-state index is 10.2. The molecule has 0 spiro atoms. The summed E-state index contributed by atoms with van der Waals surface area (Å²) >= 11 is 5.65. The second-order valence-electron chi connectivity index (χ2n) is 3.25. The standard InChI is InChI=1S/C10H12ClN3O2/c1-2-9(13-14(15)16)5-3-8-4-6-10(11)12-7-8/h4,6-7H,2-3,5H2,1H3. The lowest BCUT2D eigenvalue weighted by atomic mass is 10.1. The van der Waals surface area contributed by atoms with Gasteiger partial charge in [-0.3, -0.25) is 0 Å². The summed E-state index contributed by atoms with van der Waals surface area (Å²) in [4.78, 5) is 14.1. The van der Waals surface area contributed by atoms with Crippen LogP contribution in [-0.2, 0) is 6.42 Å². The Kier molecular flexibility index (Phi) is 4.85. The van der Waals surface area contributed by atoms with Crippen molar-refractivity contribution >= 4 is 17.3 Å². The third-order valence-corrected chi connectivity index (χ3v) is 2.35. The lowest BCUT2D eigenvalue weighted by molar-refractivity contribution is -0.485. The summed E-state index contributed by atoms with van der Waals surface area (Å²) in [6.07, 6.45) is 3.51. The van der Waals surface area contributed by atoms with Crippen molar-refractivity contribution in [2.45, 2.75) is 26.2 Å². The highest BCUT2D eigenvalue weighted by molar-refractivity contribution is 6.29. The van der Waals surface area contributed by atoms with Crippen LogP contribution in [0.1, 0.15) is 25.3 Å². The van der Waals surface area contributed by atoms with E-state index < -0.39 is 5.03 Å². The fourth-order valence-electron chi connectivity index (χ4n) is 1.26. The van der Waals surface area contributed by atoms with Crippen LogP contribution >= 0.6 is 11.6 Å². The number of hydrogen-bond acceptors (Lipinski definition) is 3. The van der Waals surface area contributed by atoms with Crippen LogP contribution in [0.2, 0.25) is 5.15 Å². The van der Waals surface area contributed by atoms with E-state index in [9.17, 15) is 10.1 Å². The van der Waals surface area contributed by atoms with Crippen molar-refractivity contribution in [2.24, 2.45) is 5.10 Å². The molecule has 0 aliphatic rings. The number of nitro groups is 1. The van der Waals surface area contributed by atoms with Gasteiger partial charge in [-0.2, -0.15) is 0 Å². The summed E-state index contributed by atoms with van der Waals surface area (Å²) in [5.41, 5.74) is 1.58. The molecular formula is C10H12ClN3O2. The van der Waals surface area contributed by atoms with Gasteiger partial charge >= 0.3 is 0 Å². The molecule has 1 aromatic rings. The molecule has 0 amide bonds. The maximum Gasteiger partial charge on any atom is 0.190 e. The monoisotopic (exact) mass is 241 g/mol. The summed E-state index contributed by atoms with van der Waals surface area (Å²) in [6, 6.07) is 3.56. The van der Waals surface area contributed by atoms with Gasteiger partial charge in [-0.25, -0.2) is 15.1 Å². The van der Waals surface area contributed by atoms with Gasteiger partial charge in [0.05, 0.1) is 10.8 Å². The molecule has 0 saturated heterocycles. The van der Waals surface area contributed by atoms with Crippen LogP contribution in [0.15, 0.2) is 23.4 Å². The van der Waals surface area contributed by atoms with E-state index in [2.05, 4.69) is 10.1 Å². The van der Waals surface area contributed by atoms with Gasteiger partial charge in [0.15, 0.2) is 5.03 Å². The van der Waals surface area contributed by atoms with E-state index in [-0.39, 0.29) is 0 Å². The Morgan fingerprint density at radius 2 is 2.38 bits per heavy atom. The van der Waals surface area contributed by atoms with Crippen molar-refractivity contribution in [1.82, 2.24) is 4.98 Å². The largest absolute Gasteiger partial charge is 0.244 e. The van der Waals surface area contributed by atoms with Crippen molar-refractivity contribution in [3.8, 4) is 0 Å². The molecule has 0 fully saturated rings. The third kappa shape index (κ3) is 4.35. The lowest BCUT2D eigenvalue weighted by Crippen LogP contribution is -2.03. The number of aryl methyl sites for hydroxylation is 1. The van der Waals surface area contributed by atoms with E-state index >= 15 is 0 Å². The second kappa shape index (κ2) is 6.17. The van der Waals surface area contributed by atoms with Crippen LogP contribution in [0, 0.1) is 10.1 Å². The Labute approximate surface area is 98.3 Å². The summed E-state index contributed by atoms with van der Waals surface area (Å²) in [5, 5.41) is 13.3. The lowest BCUT2D eigenvalue weighted by Gasteiger charge is -2.00. The predicted octanol–water partition coefficient (Wildman–Crippen LogP) is 2.71. The zero-order valence-corrected chi connectivity index (χ0v) is 9.65. The Hall–Kier alpha value is -1.49. The first-order chi connectivity index (χ1) is 7.61. The number of hydrogen-bond donors (Lipinski definition) is 0. The van der Waals surface area contributed by atoms with E-state index in [0.717, 1.165) is 5.56 Å². The SMILES string of the molecule is CCC(CCc1ccc(Cl)nc1)=N[N+](=O)[O-]. The minimum Gasteiger partial charge on any atom is -0.244 e. The molecule has 0 aromatic carbocycles. The molecule has 1 aromatic heterocycles. The molecule has 5 nitrogen and oxygen atoms in total. The first kappa shape index (κ1) is 12.6. The van der Waals surface area contributed by atoms with Crippen LogP contribution < -0.4 is 0 Å². The molecule has 0 bridgehead atoms. The molecule has 0 aliphatic heterocycles. The van der Waals surface area contributed by atoms with Crippen LogP contribution in [-0.4, -0.2) is 15.7 Å². The molecule has 86 valence electrons. The smallest absolute Gasteiger partial charge is 0.190 e. The van der Waals surface area contributed by atoms with Gasteiger partial charge in [-0.15, -0.1) is 0 Å². The number of aromatic nitrogens is 1. The van der Waals surface area contributed by atoms with Crippen LogP contribution in [0.4, 0.5) is 0 Å². The highest BCUT2D eigenvalue weighted by atomic mass is 35.5. The number of rotatable bonds is 5. The average molecular weight is 242 g/mol. The normalized spacial score (nSPS) is 11.5. The predicted molar refractivity (Wildman–Crippen MR) is 62.3 cm³/mol. The van der Waals surface area contributed by atoms with Crippen molar-refractivity contribution in [3.63, 3.8) is 0 Å². The zero-order chi connectivity index (χ0) is 12.0. The fraction of sp³-hybridized carbons (Fsp3) is 0.400. The molecule has 16 heavy (non-hydrogen) atoms. The van der Waals surface area contributed by atoms with Crippen LogP contribution in [0.25, 0.3) is 0 Å².